The van der Waals surface area contributed by atoms with Crippen LogP contribution >= 0.6 is 27.5 Å². The molecule has 0 radical (unpaired) electrons. The summed E-state index contributed by atoms with van der Waals surface area (Å²) in [4.78, 5) is 17.9. The fourth-order valence-corrected chi connectivity index (χ4v) is 2.11. The zero-order chi connectivity index (χ0) is 13.8. The molecule has 2 aromatic rings. The number of benzene rings is 1. The van der Waals surface area contributed by atoms with Crippen LogP contribution in [0.15, 0.2) is 47.2 Å². The number of halogens is 2. The van der Waals surface area contributed by atoms with Crippen LogP contribution in [0.25, 0.3) is 0 Å². The van der Waals surface area contributed by atoms with Crippen LogP contribution in [0.3, 0.4) is 0 Å². The lowest BCUT2D eigenvalue weighted by Crippen LogP contribution is -2.26. The fraction of sp³-hybridized carbons (Fsp3) is 0.143. The van der Waals surface area contributed by atoms with Gasteiger partial charge in [-0.1, -0.05) is 29.8 Å². The molecule has 0 saturated carbocycles. The van der Waals surface area contributed by atoms with Crippen molar-refractivity contribution in [2.24, 2.45) is 0 Å². The molecule has 19 heavy (non-hydrogen) atoms. The van der Waals surface area contributed by atoms with E-state index in [0.717, 1.165) is 5.56 Å². The van der Waals surface area contributed by atoms with Crippen molar-refractivity contribution in [3.8, 4) is 0 Å². The van der Waals surface area contributed by atoms with E-state index in [1.54, 1.807) is 30.3 Å². The summed E-state index contributed by atoms with van der Waals surface area (Å²) < 4.78 is 0.706. The second-order valence-corrected chi connectivity index (χ2v) is 5.34. The first kappa shape index (κ1) is 14.0. The largest absolute Gasteiger partial charge is 0.337 e. The maximum absolute atomic E-state index is 12.2. The summed E-state index contributed by atoms with van der Waals surface area (Å²) >= 11 is 9.32. The summed E-state index contributed by atoms with van der Waals surface area (Å²) in [5.41, 5.74) is 1.47. The highest BCUT2D eigenvalue weighted by molar-refractivity contribution is 9.10. The molecule has 0 N–H and O–H groups in total. The number of carbonyl (C=O) groups is 1. The van der Waals surface area contributed by atoms with Crippen molar-refractivity contribution in [1.82, 2.24) is 9.88 Å². The molecule has 2 rings (SSSR count). The maximum atomic E-state index is 12.2. The number of carbonyl (C=O) groups excluding carboxylic acids is 1. The smallest absolute Gasteiger partial charge is 0.255 e. The molecule has 0 spiro atoms. The Hall–Kier alpha value is -1.39. The second-order valence-electron chi connectivity index (χ2n) is 4.12. The quantitative estimate of drug-likeness (QED) is 0.798. The summed E-state index contributed by atoms with van der Waals surface area (Å²) in [7, 11) is 1.74. The van der Waals surface area contributed by atoms with E-state index in [-0.39, 0.29) is 5.91 Å². The van der Waals surface area contributed by atoms with Gasteiger partial charge in [-0.25, -0.2) is 4.98 Å². The van der Waals surface area contributed by atoms with Gasteiger partial charge in [-0.05, 0) is 39.7 Å². The van der Waals surface area contributed by atoms with Gasteiger partial charge in [0.25, 0.3) is 5.91 Å². The number of nitrogens with zero attached hydrogens (tertiary/aromatic N) is 2. The normalized spacial score (nSPS) is 10.3. The number of aromatic nitrogens is 1. The Bertz CT molecular complexity index is 586. The van der Waals surface area contributed by atoms with Gasteiger partial charge in [-0.15, -0.1) is 0 Å². The lowest BCUT2D eigenvalue weighted by molar-refractivity contribution is 0.0784. The van der Waals surface area contributed by atoms with Crippen LogP contribution < -0.4 is 0 Å². The van der Waals surface area contributed by atoms with Crippen LogP contribution in [0.1, 0.15) is 15.9 Å². The van der Waals surface area contributed by atoms with Gasteiger partial charge in [-0.2, -0.15) is 0 Å². The summed E-state index contributed by atoms with van der Waals surface area (Å²) in [6.45, 7) is 0.467. The van der Waals surface area contributed by atoms with Gasteiger partial charge >= 0.3 is 0 Å². The molecular weight excluding hydrogens is 328 g/mol. The van der Waals surface area contributed by atoms with Crippen molar-refractivity contribution in [3.05, 3.63) is 63.3 Å². The molecule has 0 aliphatic heterocycles. The molecule has 0 aliphatic carbocycles. The lowest BCUT2D eigenvalue weighted by atomic mass is 10.2. The Morgan fingerprint density at radius 1 is 1.32 bits per heavy atom. The summed E-state index contributed by atoms with van der Waals surface area (Å²) in [6.07, 6.45) is 1.55. The summed E-state index contributed by atoms with van der Waals surface area (Å²) in [5.74, 6) is -0.0834. The van der Waals surface area contributed by atoms with E-state index in [1.807, 2.05) is 24.3 Å². The third-order valence-electron chi connectivity index (χ3n) is 2.69. The van der Waals surface area contributed by atoms with Gasteiger partial charge in [0, 0.05) is 24.8 Å². The Morgan fingerprint density at radius 3 is 2.68 bits per heavy atom. The van der Waals surface area contributed by atoms with E-state index < -0.39 is 0 Å². The Labute approximate surface area is 125 Å². The van der Waals surface area contributed by atoms with Gasteiger partial charge in [-0.3, -0.25) is 4.79 Å². The monoisotopic (exact) mass is 338 g/mol. The highest BCUT2D eigenvalue weighted by Crippen LogP contribution is 2.17. The van der Waals surface area contributed by atoms with Crippen molar-refractivity contribution in [3.63, 3.8) is 0 Å². The van der Waals surface area contributed by atoms with Gasteiger partial charge in [0.1, 0.15) is 4.60 Å². The highest BCUT2D eigenvalue weighted by atomic mass is 79.9. The predicted octanol–water partition coefficient (Wildman–Crippen LogP) is 3.77. The van der Waals surface area contributed by atoms with E-state index in [9.17, 15) is 4.79 Å². The second kappa shape index (κ2) is 6.17. The number of hydrogen-bond acceptors (Lipinski definition) is 2. The molecule has 1 aromatic heterocycles. The standard InChI is InChI=1S/C14H12BrClN2O/c1-18(9-11-4-2-3-5-12(11)16)14(19)10-6-7-13(15)17-8-10/h2-8H,9H2,1H3. The summed E-state index contributed by atoms with van der Waals surface area (Å²) in [6, 6.07) is 11.0. The van der Waals surface area contributed by atoms with Crippen molar-refractivity contribution in [2.45, 2.75) is 6.54 Å². The fourth-order valence-electron chi connectivity index (χ4n) is 1.68. The number of amides is 1. The zero-order valence-electron chi connectivity index (χ0n) is 10.3. The van der Waals surface area contributed by atoms with Gasteiger partial charge in [0.2, 0.25) is 0 Å². The van der Waals surface area contributed by atoms with Crippen molar-refractivity contribution < 1.29 is 4.79 Å². The molecule has 0 aliphatic rings. The molecule has 1 heterocycles. The molecule has 0 fully saturated rings. The molecular formula is C14H12BrClN2O. The first-order valence-electron chi connectivity index (χ1n) is 5.68. The number of hydrogen-bond donors (Lipinski definition) is 0. The minimum atomic E-state index is -0.0834. The Morgan fingerprint density at radius 2 is 2.05 bits per heavy atom. The van der Waals surface area contributed by atoms with Crippen LogP contribution in [0.5, 0.6) is 0 Å². The lowest BCUT2D eigenvalue weighted by Gasteiger charge is -2.17. The van der Waals surface area contributed by atoms with E-state index in [4.69, 9.17) is 11.6 Å². The van der Waals surface area contributed by atoms with Crippen LogP contribution in [0.4, 0.5) is 0 Å². The van der Waals surface area contributed by atoms with E-state index in [0.29, 0.717) is 21.7 Å². The van der Waals surface area contributed by atoms with Gasteiger partial charge in [0.05, 0.1) is 5.56 Å². The molecule has 0 saturated heterocycles. The minimum absolute atomic E-state index is 0.0834. The summed E-state index contributed by atoms with van der Waals surface area (Å²) in [5, 5.41) is 0.663. The van der Waals surface area contributed by atoms with Crippen molar-refractivity contribution >= 4 is 33.4 Å². The first-order chi connectivity index (χ1) is 9.08. The zero-order valence-corrected chi connectivity index (χ0v) is 12.6. The molecule has 3 nitrogen and oxygen atoms in total. The predicted molar refractivity (Wildman–Crippen MR) is 79.2 cm³/mol. The maximum Gasteiger partial charge on any atom is 0.255 e. The third kappa shape index (κ3) is 3.55. The molecule has 98 valence electrons. The van der Waals surface area contributed by atoms with Crippen LogP contribution in [-0.2, 0) is 6.54 Å². The van der Waals surface area contributed by atoms with Crippen molar-refractivity contribution in [1.29, 1.82) is 0 Å². The van der Waals surface area contributed by atoms with Crippen LogP contribution in [-0.4, -0.2) is 22.8 Å². The van der Waals surface area contributed by atoms with E-state index in [1.165, 1.54) is 0 Å². The SMILES string of the molecule is CN(Cc1ccccc1Cl)C(=O)c1ccc(Br)nc1. The molecule has 1 aromatic carbocycles. The average molecular weight is 340 g/mol. The average Bonchev–Trinajstić information content (AvgIpc) is 2.41. The minimum Gasteiger partial charge on any atom is -0.337 e. The van der Waals surface area contributed by atoms with Crippen molar-refractivity contribution in [2.75, 3.05) is 7.05 Å². The van der Waals surface area contributed by atoms with Crippen LogP contribution in [0, 0.1) is 0 Å². The third-order valence-corrected chi connectivity index (χ3v) is 3.52. The molecule has 0 bridgehead atoms. The van der Waals surface area contributed by atoms with E-state index >= 15 is 0 Å². The van der Waals surface area contributed by atoms with E-state index in [2.05, 4.69) is 20.9 Å². The number of pyridine rings is 1. The van der Waals surface area contributed by atoms with Crippen LogP contribution in [0.2, 0.25) is 5.02 Å². The highest BCUT2D eigenvalue weighted by Gasteiger charge is 2.13. The molecule has 0 atom stereocenters. The Balaban J connectivity index is 2.12. The topological polar surface area (TPSA) is 33.2 Å². The Kier molecular flexibility index (Phi) is 4.56. The van der Waals surface area contributed by atoms with Gasteiger partial charge < -0.3 is 4.90 Å². The number of rotatable bonds is 3. The molecule has 1 amide bonds. The first-order valence-corrected chi connectivity index (χ1v) is 6.85. The molecule has 5 heteroatoms. The molecule has 0 unspecified atom stereocenters. The van der Waals surface area contributed by atoms with Gasteiger partial charge in [0.15, 0.2) is 0 Å².